The molecule has 0 unspecified atom stereocenters. The maximum absolute atomic E-state index is 12.7. The van der Waals surface area contributed by atoms with Gasteiger partial charge in [-0.2, -0.15) is 5.10 Å². The van der Waals surface area contributed by atoms with E-state index in [4.69, 9.17) is 0 Å². The Morgan fingerprint density at radius 3 is 2.79 bits per heavy atom. The number of fused-ring (bicyclic) bond motifs is 3. The molecule has 1 fully saturated rings. The van der Waals surface area contributed by atoms with Crippen LogP contribution in [-0.2, 0) is 11.3 Å². The molecule has 0 radical (unpaired) electrons. The van der Waals surface area contributed by atoms with Gasteiger partial charge in [-0.15, -0.1) is 11.3 Å². The first-order valence-electron chi connectivity index (χ1n) is 8.28. The Kier molecular flexibility index (Phi) is 3.68. The zero-order valence-electron chi connectivity index (χ0n) is 13.9. The Balaban J connectivity index is 1.63. The lowest BCUT2D eigenvalue weighted by molar-refractivity contribution is -0.133. The first-order chi connectivity index (χ1) is 11.5. The van der Waals surface area contributed by atoms with Crippen molar-refractivity contribution in [2.75, 3.05) is 13.1 Å². The molecule has 4 heterocycles. The topological polar surface area (TPSA) is 59.6 Å². The van der Waals surface area contributed by atoms with Gasteiger partial charge in [-0.25, -0.2) is 4.68 Å². The number of thiophene rings is 1. The molecule has 4 rings (SSSR count). The van der Waals surface area contributed by atoms with E-state index in [0.717, 1.165) is 36.1 Å². The van der Waals surface area contributed by atoms with E-state index >= 15 is 0 Å². The summed E-state index contributed by atoms with van der Waals surface area (Å²) in [6.45, 7) is 5.82. The molecule has 3 aromatic heterocycles. The van der Waals surface area contributed by atoms with Crippen LogP contribution in [0.5, 0.6) is 0 Å². The number of amides is 1. The number of aryl methyl sites for hydroxylation is 1. The Labute approximate surface area is 143 Å². The molecule has 0 N–H and O–H groups in total. The number of piperidine rings is 1. The van der Waals surface area contributed by atoms with Gasteiger partial charge >= 0.3 is 0 Å². The van der Waals surface area contributed by atoms with E-state index in [9.17, 15) is 9.59 Å². The van der Waals surface area contributed by atoms with Crippen molar-refractivity contribution in [2.24, 2.45) is 5.92 Å². The SMILES string of the molecule is Cc1cc2c(cc3c(=O)n(CC(=O)N4CCC(C)CC4)ncn32)s1. The van der Waals surface area contributed by atoms with Crippen LogP contribution in [0.2, 0.25) is 0 Å². The summed E-state index contributed by atoms with van der Waals surface area (Å²) in [4.78, 5) is 28.2. The largest absolute Gasteiger partial charge is 0.341 e. The second-order valence-corrected chi connectivity index (χ2v) is 7.95. The Bertz CT molecular complexity index is 976. The number of nitrogens with zero attached hydrogens (tertiary/aromatic N) is 4. The Morgan fingerprint density at radius 1 is 1.29 bits per heavy atom. The molecule has 0 saturated carbocycles. The summed E-state index contributed by atoms with van der Waals surface area (Å²) < 4.78 is 4.16. The minimum atomic E-state index is -0.211. The van der Waals surface area contributed by atoms with E-state index in [0.29, 0.717) is 11.4 Å². The highest BCUT2D eigenvalue weighted by Gasteiger charge is 2.21. The van der Waals surface area contributed by atoms with Crippen molar-refractivity contribution in [1.29, 1.82) is 0 Å². The summed E-state index contributed by atoms with van der Waals surface area (Å²) in [7, 11) is 0. The molecule has 0 bridgehead atoms. The molecule has 0 aliphatic carbocycles. The van der Waals surface area contributed by atoms with Gasteiger partial charge in [0.25, 0.3) is 5.56 Å². The van der Waals surface area contributed by atoms with Crippen molar-refractivity contribution in [3.05, 3.63) is 33.7 Å². The highest BCUT2D eigenvalue weighted by Crippen LogP contribution is 2.27. The number of rotatable bonds is 2. The predicted octanol–water partition coefficient (Wildman–Crippen LogP) is 2.28. The van der Waals surface area contributed by atoms with E-state index in [1.54, 1.807) is 17.7 Å². The van der Waals surface area contributed by atoms with Crippen LogP contribution in [0.4, 0.5) is 0 Å². The fourth-order valence-corrected chi connectivity index (χ4v) is 4.27. The summed E-state index contributed by atoms with van der Waals surface area (Å²) in [5, 5.41) is 4.21. The molecular formula is C17H20N4O2S. The van der Waals surface area contributed by atoms with Gasteiger partial charge in [0.15, 0.2) is 0 Å². The van der Waals surface area contributed by atoms with Gasteiger partial charge in [0.1, 0.15) is 18.4 Å². The molecule has 0 spiro atoms. The molecule has 1 aliphatic rings. The monoisotopic (exact) mass is 344 g/mol. The van der Waals surface area contributed by atoms with Gasteiger partial charge in [0.2, 0.25) is 5.91 Å². The molecule has 1 saturated heterocycles. The molecule has 24 heavy (non-hydrogen) atoms. The Morgan fingerprint density at radius 2 is 2.04 bits per heavy atom. The molecule has 3 aromatic rings. The van der Waals surface area contributed by atoms with Gasteiger partial charge in [-0.05, 0) is 37.8 Å². The number of hydrogen-bond acceptors (Lipinski definition) is 4. The number of hydrogen-bond donors (Lipinski definition) is 0. The smallest absolute Gasteiger partial charge is 0.291 e. The van der Waals surface area contributed by atoms with Crippen LogP contribution in [0, 0.1) is 12.8 Å². The molecule has 0 atom stereocenters. The number of likely N-dealkylation sites (tertiary alicyclic amines) is 1. The van der Waals surface area contributed by atoms with Crippen LogP contribution in [0.25, 0.3) is 15.7 Å². The minimum Gasteiger partial charge on any atom is -0.341 e. The second-order valence-electron chi connectivity index (χ2n) is 6.66. The number of carbonyl (C=O) groups excluding carboxylic acids is 1. The van der Waals surface area contributed by atoms with E-state index in [2.05, 4.69) is 18.1 Å². The zero-order chi connectivity index (χ0) is 16.8. The highest BCUT2D eigenvalue weighted by atomic mass is 32.1. The lowest BCUT2D eigenvalue weighted by Crippen LogP contribution is -2.41. The van der Waals surface area contributed by atoms with Crippen molar-refractivity contribution < 1.29 is 4.79 Å². The highest BCUT2D eigenvalue weighted by molar-refractivity contribution is 7.19. The third kappa shape index (κ3) is 2.53. The van der Waals surface area contributed by atoms with E-state index in [-0.39, 0.29) is 18.0 Å². The molecule has 126 valence electrons. The van der Waals surface area contributed by atoms with Crippen LogP contribution in [-0.4, -0.2) is 38.1 Å². The number of aromatic nitrogens is 3. The third-order valence-electron chi connectivity index (χ3n) is 4.83. The van der Waals surface area contributed by atoms with E-state index < -0.39 is 0 Å². The quantitative estimate of drug-likeness (QED) is 0.716. The van der Waals surface area contributed by atoms with Crippen LogP contribution < -0.4 is 5.56 Å². The van der Waals surface area contributed by atoms with Gasteiger partial charge in [0, 0.05) is 18.0 Å². The summed E-state index contributed by atoms with van der Waals surface area (Å²) in [6, 6.07) is 3.94. The van der Waals surface area contributed by atoms with Gasteiger partial charge < -0.3 is 4.90 Å². The maximum Gasteiger partial charge on any atom is 0.291 e. The van der Waals surface area contributed by atoms with Crippen LogP contribution in [0.3, 0.4) is 0 Å². The van der Waals surface area contributed by atoms with Crippen molar-refractivity contribution in [3.8, 4) is 0 Å². The zero-order valence-corrected chi connectivity index (χ0v) is 14.7. The average molecular weight is 344 g/mol. The molecule has 7 heteroatoms. The molecule has 6 nitrogen and oxygen atoms in total. The van der Waals surface area contributed by atoms with Gasteiger partial charge in [-0.1, -0.05) is 6.92 Å². The summed E-state index contributed by atoms with van der Waals surface area (Å²) in [5.74, 6) is 0.647. The third-order valence-corrected chi connectivity index (χ3v) is 5.82. The maximum atomic E-state index is 12.7. The van der Waals surface area contributed by atoms with E-state index in [1.807, 2.05) is 22.3 Å². The van der Waals surface area contributed by atoms with Crippen molar-refractivity contribution >= 4 is 33.0 Å². The fraction of sp³-hybridized carbons (Fsp3) is 0.471. The predicted molar refractivity (Wildman–Crippen MR) is 94.6 cm³/mol. The van der Waals surface area contributed by atoms with Gasteiger partial charge in [-0.3, -0.25) is 14.0 Å². The second kappa shape index (κ2) is 5.73. The summed E-state index contributed by atoms with van der Waals surface area (Å²) in [5.41, 5.74) is 1.36. The normalized spacial score (nSPS) is 16.3. The standard InChI is InChI=1S/C17H20N4O2S/c1-11-3-5-19(6-4-11)16(22)9-21-17(23)14-8-15-13(7-12(2)24-15)20(14)10-18-21/h7-8,10-11H,3-6,9H2,1-2H3. The summed E-state index contributed by atoms with van der Waals surface area (Å²) >= 11 is 1.66. The Hall–Kier alpha value is -2.15. The van der Waals surface area contributed by atoms with Crippen molar-refractivity contribution in [2.45, 2.75) is 33.2 Å². The van der Waals surface area contributed by atoms with Crippen LogP contribution in [0.1, 0.15) is 24.6 Å². The summed E-state index contributed by atoms with van der Waals surface area (Å²) in [6.07, 6.45) is 3.69. The lowest BCUT2D eigenvalue weighted by Gasteiger charge is -2.30. The van der Waals surface area contributed by atoms with E-state index in [1.165, 1.54) is 9.56 Å². The van der Waals surface area contributed by atoms with Crippen LogP contribution >= 0.6 is 11.3 Å². The average Bonchev–Trinajstić information content (AvgIpc) is 3.07. The molecule has 1 amide bonds. The molecular weight excluding hydrogens is 324 g/mol. The lowest BCUT2D eigenvalue weighted by atomic mass is 9.99. The van der Waals surface area contributed by atoms with Crippen molar-refractivity contribution in [1.82, 2.24) is 19.1 Å². The van der Waals surface area contributed by atoms with Crippen LogP contribution in [0.15, 0.2) is 23.3 Å². The van der Waals surface area contributed by atoms with Crippen molar-refractivity contribution in [3.63, 3.8) is 0 Å². The first kappa shape index (κ1) is 15.4. The molecule has 1 aliphatic heterocycles. The first-order valence-corrected chi connectivity index (χ1v) is 9.09. The minimum absolute atomic E-state index is 0.0154. The van der Waals surface area contributed by atoms with Gasteiger partial charge in [0.05, 0.1) is 10.2 Å². The fourth-order valence-electron chi connectivity index (χ4n) is 3.32. The molecule has 0 aromatic carbocycles. The number of carbonyl (C=O) groups is 1.